The predicted molar refractivity (Wildman–Crippen MR) is 57.7 cm³/mol. The maximum absolute atomic E-state index is 12.7. The van der Waals surface area contributed by atoms with E-state index >= 15 is 0 Å². The minimum atomic E-state index is -0.349. The van der Waals surface area contributed by atoms with Crippen LogP contribution in [0.3, 0.4) is 0 Å². The number of halogens is 1. The molecule has 0 unspecified atom stereocenters. The fourth-order valence-corrected chi connectivity index (χ4v) is 1.51. The average Bonchev–Trinajstić information content (AvgIpc) is 2.77. The van der Waals surface area contributed by atoms with Crippen LogP contribution in [0.1, 0.15) is 23.1 Å². The molecule has 1 aromatic heterocycles. The second-order valence-electron chi connectivity index (χ2n) is 3.38. The van der Waals surface area contributed by atoms with Crippen molar-refractivity contribution in [1.82, 2.24) is 9.55 Å². The predicted octanol–water partition coefficient (Wildman–Crippen LogP) is 2.27. The molecular weight excluding hydrogens is 207 g/mol. The number of benzene rings is 1. The Kier molecular flexibility index (Phi) is 2.81. The third kappa shape index (κ3) is 1.86. The van der Waals surface area contributed by atoms with E-state index in [0.717, 1.165) is 0 Å². The topological polar surface area (TPSA) is 34.9 Å². The first-order chi connectivity index (χ1) is 7.72. The summed E-state index contributed by atoms with van der Waals surface area (Å²) in [7, 11) is 0. The molecule has 0 aliphatic rings. The van der Waals surface area contributed by atoms with Crippen molar-refractivity contribution >= 4 is 5.91 Å². The van der Waals surface area contributed by atoms with Gasteiger partial charge in [0, 0.05) is 24.4 Å². The van der Waals surface area contributed by atoms with E-state index in [1.165, 1.54) is 28.8 Å². The van der Waals surface area contributed by atoms with Crippen molar-refractivity contribution < 1.29 is 9.18 Å². The van der Waals surface area contributed by atoms with E-state index in [1.807, 2.05) is 6.92 Å². The molecule has 0 saturated heterocycles. The lowest BCUT2D eigenvalue weighted by Gasteiger charge is -2.04. The van der Waals surface area contributed by atoms with E-state index in [-0.39, 0.29) is 11.7 Å². The van der Waals surface area contributed by atoms with Crippen molar-refractivity contribution in [2.45, 2.75) is 13.3 Å². The molecule has 82 valence electrons. The summed E-state index contributed by atoms with van der Waals surface area (Å²) in [6, 6.07) is 5.49. The highest BCUT2D eigenvalue weighted by Gasteiger charge is 2.11. The minimum absolute atomic E-state index is 0.186. The number of aryl methyl sites for hydroxylation is 1. The molecule has 1 heterocycles. The zero-order chi connectivity index (χ0) is 11.5. The number of carbonyl (C=O) groups excluding carboxylic acids is 1. The molecule has 3 nitrogen and oxygen atoms in total. The van der Waals surface area contributed by atoms with Crippen LogP contribution in [0.4, 0.5) is 4.39 Å². The Hall–Kier alpha value is -1.97. The normalized spacial score (nSPS) is 10.4. The molecule has 16 heavy (non-hydrogen) atoms. The summed E-state index contributed by atoms with van der Waals surface area (Å²) in [5.74, 6) is 0.168. The molecule has 2 rings (SSSR count). The Morgan fingerprint density at radius 3 is 2.69 bits per heavy atom. The van der Waals surface area contributed by atoms with Crippen molar-refractivity contribution in [3.63, 3.8) is 0 Å². The third-order valence-corrected chi connectivity index (χ3v) is 2.34. The van der Waals surface area contributed by atoms with Gasteiger partial charge in [-0.1, -0.05) is 6.92 Å². The zero-order valence-corrected chi connectivity index (χ0v) is 8.85. The Morgan fingerprint density at radius 2 is 2.06 bits per heavy atom. The molecule has 0 amide bonds. The molecule has 1 aromatic carbocycles. The summed E-state index contributed by atoms with van der Waals surface area (Å²) in [5.41, 5.74) is 0.453. The first kappa shape index (κ1) is 10.5. The summed E-state index contributed by atoms with van der Waals surface area (Å²) in [6.45, 7) is 1.93. The van der Waals surface area contributed by atoms with Gasteiger partial charge in [0.2, 0.25) is 0 Å². The summed E-state index contributed by atoms with van der Waals surface area (Å²) in [5, 5.41) is 0. The van der Waals surface area contributed by atoms with Crippen LogP contribution in [0, 0.1) is 5.82 Å². The van der Waals surface area contributed by atoms with Crippen LogP contribution < -0.4 is 0 Å². The molecule has 0 N–H and O–H groups in total. The number of carbonyl (C=O) groups is 1. The van der Waals surface area contributed by atoms with Crippen molar-refractivity contribution in [2.24, 2.45) is 0 Å². The summed E-state index contributed by atoms with van der Waals surface area (Å²) in [4.78, 5) is 16.1. The average molecular weight is 218 g/mol. The van der Waals surface area contributed by atoms with E-state index in [4.69, 9.17) is 0 Å². The van der Waals surface area contributed by atoms with Crippen LogP contribution in [0.15, 0.2) is 36.7 Å². The number of aromatic nitrogens is 2. The van der Waals surface area contributed by atoms with Gasteiger partial charge in [-0.3, -0.25) is 9.36 Å². The highest BCUT2D eigenvalue weighted by atomic mass is 19.1. The minimum Gasteiger partial charge on any atom is -0.270 e. The molecule has 0 saturated carbocycles. The monoisotopic (exact) mass is 218 g/mol. The molecule has 0 aliphatic heterocycles. The van der Waals surface area contributed by atoms with Gasteiger partial charge in [0.25, 0.3) is 5.91 Å². The molecule has 0 atom stereocenters. The van der Waals surface area contributed by atoms with Crippen LogP contribution >= 0.6 is 0 Å². The number of imidazole rings is 1. The lowest BCUT2D eigenvalue weighted by molar-refractivity contribution is 0.0956. The molecule has 0 radical (unpaired) electrons. The van der Waals surface area contributed by atoms with Crippen LogP contribution in [0.2, 0.25) is 0 Å². The standard InChI is InChI=1S/C12H11FN2O/c1-2-11-14-7-8-15(11)12(16)9-3-5-10(13)6-4-9/h3-8H,2H2,1H3. The first-order valence-electron chi connectivity index (χ1n) is 5.05. The van der Waals surface area contributed by atoms with Crippen molar-refractivity contribution in [1.29, 1.82) is 0 Å². The fraction of sp³-hybridized carbons (Fsp3) is 0.167. The Morgan fingerprint density at radius 1 is 1.38 bits per heavy atom. The molecule has 0 bridgehead atoms. The van der Waals surface area contributed by atoms with Crippen molar-refractivity contribution in [3.05, 3.63) is 53.9 Å². The third-order valence-electron chi connectivity index (χ3n) is 2.34. The molecular formula is C12H11FN2O. The first-order valence-corrected chi connectivity index (χ1v) is 5.05. The number of hydrogen-bond donors (Lipinski definition) is 0. The van der Waals surface area contributed by atoms with Crippen molar-refractivity contribution in [3.8, 4) is 0 Å². The van der Waals surface area contributed by atoms with Gasteiger partial charge in [-0.2, -0.15) is 0 Å². The quantitative estimate of drug-likeness (QED) is 0.775. The van der Waals surface area contributed by atoms with Crippen LogP contribution in [-0.2, 0) is 6.42 Å². The highest BCUT2D eigenvalue weighted by molar-refractivity contribution is 5.96. The highest BCUT2D eigenvalue weighted by Crippen LogP contribution is 2.07. The van der Waals surface area contributed by atoms with E-state index in [9.17, 15) is 9.18 Å². The number of nitrogens with zero attached hydrogens (tertiary/aromatic N) is 2. The summed E-state index contributed by atoms with van der Waals surface area (Å²) in [6.07, 6.45) is 3.88. The van der Waals surface area contributed by atoms with Crippen LogP contribution in [0.25, 0.3) is 0 Å². The van der Waals surface area contributed by atoms with Crippen LogP contribution in [-0.4, -0.2) is 15.5 Å². The van der Waals surface area contributed by atoms with Gasteiger partial charge in [-0.15, -0.1) is 0 Å². The van der Waals surface area contributed by atoms with E-state index in [0.29, 0.717) is 17.8 Å². The lowest BCUT2D eigenvalue weighted by Crippen LogP contribution is -2.14. The molecule has 4 heteroatoms. The van der Waals surface area contributed by atoms with Gasteiger partial charge in [0.05, 0.1) is 0 Å². The summed E-state index contributed by atoms with van der Waals surface area (Å²) < 4.78 is 14.2. The van der Waals surface area contributed by atoms with E-state index in [1.54, 1.807) is 12.4 Å². The SMILES string of the molecule is CCc1nccn1C(=O)c1ccc(F)cc1. The maximum atomic E-state index is 12.7. The van der Waals surface area contributed by atoms with Gasteiger partial charge in [0.1, 0.15) is 11.6 Å². The smallest absolute Gasteiger partial charge is 0.263 e. The van der Waals surface area contributed by atoms with Gasteiger partial charge in [0.15, 0.2) is 0 Å². The van der Waals surface area contributed by atoms with E-state index < -0.39 is 0 Å². The molecule has 0 aliphatic carbocycles. The van der Waals surface area contributed by atoms with Gasteiger partial charge >= 0.3 is 0 Å². The van der Waals surface area contributed by atoms with Gasteiger partial charge in [-0.05, 0) is 24.3 Å². The lowest BCUT2D eigenvalue weighted by atomic mass is 10.2. The van der Waals surface area contributed by atoms with Crippen molar-refractivity contribution in [2.75, 3.05) is 0 Å². The Balaban J connectivity index is 2.35. The molecule has 2 aromatic rings. The van der Waals surface area contributed by atoms with Gasteiger partial charge in [-0.25, -0.2) is 9.37 Å². The molecule has 0 fully saturated rings. The zero-order valence-electron chi connectivity index (χ0n) is 8.85. The Bertz CT molecular complexity index is 502. The van der Waals surface area contributed by atoms with E-state index in [2.05, 4.69) is 4.98 Å². The van der Waals surface area contributed by atoms with Gasteiger partial charge < -0.3 is 0 Å². The molecule has 0 spiro atoms. The second-order valence-corrected chi connectivity index (χ2v) is 3.38. The largest absolute Gasteiger partial charge is 0.270 e. The second kappa shape index (κ2) is 4.26. The number of hydrogen-bond acceptors (Lipinski definition) is 2. The summed E-state index contributed by atoms with van der Waals surface area (Å²) >= 11 is 0. The Labute approximate surface area is 92.5 Å². The maximum Gasteiger partial charge on any atom is 0.263 e. The fourth-order valence-electron chi connectivity index (χ4n) is 1.51. The number of rotatable bonds is 2. The van der Waals surface area contributed by atoms with Crippen LogP contribution in [0.5, 0.6) is 0 Å².